The van der Waals surface area contributed by atoms with Gasteiger partial charge in [0.05, 0.1) is 0 Å². The lowest BCUT2D eigenvalue weighted by molar-refractivity contribution is 0.132. The van der Waals surface area contributed by atoms with Gasteiger partial charge in [0, 0.05) is 18.3 Å². The van der Waals surface area contributed by atoms with Crippen LogP contribution in [0.4, 0.5) is 5.69 Å². The van der Waals surface area contributed by atoms with Crippen LogP contribution < -0.4 is 5.32 Å². The maximum Gasteiger partial charge on any atom is 0.173 e. The zero-order valence-corrected chi connectivity index (χ0v) is 14.4. The van der Waals surface area contributed by atoms with Crippen LogP contribution in [0.25, 0.3) is 0 Å². The van der Waals surface area contributed by atoms with Crippen LogP contribution in [0, 0.1) is 17.8 Å². The summed E-state index contributed by atoms with van der Waals surface area (Å²) in [7, 11) is 0. The Balaban J connectivity index is 1.74. The van der Waals surface area contributed by atoms with E-state index >= 15 is 0 Å². The van der Waals surface area contributed by atoms with Crippen LogP contribution in [-0.4, -0.2) is 22.6 Å². The lowest BCUT2D eigenvalue weighted by atomic mass is 9.65. The van der Waals surface area contributed by atoms with Crippen LogP contribution >= 0.6 is 12.2 Å². The summed E-state index contributed by atoms with van der Waals surface area (Å²) >= 11 is 5.70. The monoisotopic (exact) mass is 302 g/mol. The molecule has 0 amide bonds. The molecule has 114 valence electrons. The molecule has 1 saturated heterocycles. The largest absolute Gasteiger partial charge is 0.345 e. The average Bonchev–Trinajstić information content (AvgIpc) is 2.58. The Morgan fingerprint density at radius 3 is 2.76 bits per heavy atom. The van der Waals surface area contributed by atoms with Gasteiger partial charge in [-0.15, -0.1) is 0 Å². The van der Waals surface area contributed by atoms with E-state index in [9.17, 15) is 0 Å². The number of likely N-dealkylation sites (tertiary alicyclic amines) is 1. The fourth-order valence-corrected chi connectivity index (χ4v) is 4.95. The fourth-order valence-electron chi connectivity index (χ4n) is 4.62. The number of anilines is 1. The highest BCUT2D eigenvalue weighted by Gasteiger charge is 2.50. The number of aryl methyl sites for hydroxylation is 1. The molecule has 2 fully saturated rings. The number of rotatable bonds is 1. The zero-order chi connectivity index (χ0) is 15.3. The predicted octanol–water partition coefficient (Wildman–Crippen LogP) is 4.59. The molecule has 2 atom stereocenters. The van der Waals surface area contributed by atoms with Gasteiger partial charge >= 0.3 is 0 Å². The molecule has 1 aromatic carbocycles. The third kappa shape index (κ3) is 3.08. The third-order valence-electron chi connectivity index (χ3n) is 4.95. The predicted molar refractivity (Wildman–Crippen MR) is 93.6 cm³/mol. The summed E-state index contributed by atoms with van der Waals surface area (Å²) in [6.45, 7) is 10.4. The van der Waals surface area contributed by atoms with Gasteiger partial charge in [0.15, 0.2) is 5.11 Å². The smallest absolute Gasteiger partial charge is 0.173 e. The first kappa shape index (κ1) is 14.8. The molecule has 21 heavy (non-hydrogen) atoms. The Morgan fingerprint density at radius 1 is 1.29 bits per heavy atom. The molecule has 2 nitrogen and oxygen atoms in total. The van der Waals surface area contributed by atoms with Gasteiger partial charge in [-0.05, 0) is 66.9 Å². The quantitative estimate of drug-likeness (QED) is 0.764. The molecular formula is C18H26N2S. The van der Waals surface area contributed by atoms with E-state index in [1.807, 2.05) is 0 Å². The van der Waals surface area contributed by atoms with E-state index in [0.717, 1.165) is 17.3 Å². The molecule has 1 aromatic rings. The van der Waals surface area contributed by atoms with E-state index in [0.29, 0.717) is 16.9 Å². The van der Waals surface area contributed by atoms with Crippen molar-refractivity contribution in [3.8, 4) is 0 Å². The van der Waals surface area contributed by atoms with Gasteiger partial charge in [-0.25, -0.2) is 0 Å². The number of fused-ring (bicyclic) bond motifs is 2. The molecule has 3 rings (SSSR count). The van der Waals surface area contributed by atoms with Gasteiger partial charge < -0.3 is 10.2 Å². The van der Waals surface area contributed by atoms with Crippen molar-refractivity contribution in [1.82, 2.24) is 4.90 Å². The Kier molecular flexibility index (Phi) is 3.52. The summed E-state index contributed by atoms with van der Waals surface area (Å²) in [4.78, 5) is 2.44. The second-order valence-corrected chi connectivity index (χ2v) is 8.53. The number of hydrogen-bond donors (Lipinski definition) is 1. The summed E-state index contributed by atoms with van der Waals surface area (Å²) in [5.74, 6) is 0. The van der Waals surface area contributed by atoms with Crippen LogP contribution in [0.2, 0.25) is 0 Å². The highest BCUT2D eigenvalue weighted by Crippen LogP contribution is 2.52. The molecule has 2 unspecified atom stereocenters. The average molecular weight is 302 g/mol. The Labute approximate surface area is 133 Å². The minimum atomic E-state index is 0.421. The van der Waals surface area contributed by atoms with Gasteiger partial charge in [0.2, 0.25) is 0 Å². The third-order valence-corrected chi connectivity index (χ3v) is 5.28. The number of hydrogen-bond acceptors (Lipinski definition) is 1. The van der Waals surface area contributed by atoms with Crippen molar-refractivity contribution in [2.75, 3.05) is 11.9 Å². The number of benzene rings is 1. The van der Waals surface area contributed by atoms with Crippen LogP contribution in [0.1, 0.15) is 45.6 Å². The van der Waals surface area contributed by atoms with Crippen molar-refractivity contribution >= 4 is 23.0 Å². The van der Waals surface area contributed by atoms with Crippen molar-refractivity contribution in [2.24, 2.45) is 10.8 Å². The Morgan fingerprint density at radius 2 is 2.05 bits per heavy atom. The second-order valence-electron chi connectivity index (χ2n) is 8.14. The van der Waals surface area contributed by atoms with Gasteiger partial charge in [0.25, 0.3) is 0 Å². The molecule has 0 spiro atoms. The van der Waals surface area contributed by atoms with E-state index in [1.54, 1.807) is 0 Å². The first-order valence-electron chi connectivity index (χ1n) is 7.91. The van der Waals surface area contributed by atoms with Crippen molar-refractivity contribution in [3.63, 3.8) is 0 Å². The molecule has 0 radical (unpaired) electrons. The van der Waals surface area contributed by atoms with Gasteiger partial charge in [-0.3, -0.25) is 0 Å². The molecule has 1 aliphatic carbocycles. The number of nitrogens with zero attached hydrogens (tertiary/aromatic N) is 1. The first-order valence-corrected chi connectivity index (χ1v) is 8.32. The van der Waals surface area contributed by atoms with E-state index in [-0.39, 0.29) is 0 Å². The van der Waals surface area contributed by atoms with E-state index < -0.39 is 0 Å². The molecule has 2 aliphatic rings. The van der Waals surface area contributed by atoms with E-state index in [1.165, 1.54) is 24.8 Å². The Bertz CT molecular complexity index is 566. The maximum absolute atomic E-state index is 5.70. The van der Waals surface area contributed by atoms with Crippen molar-refractivity contribution in [1.29, 1.82) is 0 Å². The van der Waals surface area contributed by atoms with Gasteiger partial charge in [0.1, 0.15) is 0 Å². The molecule has 1 aliphatic heterocycles. The van der Waals surface area contributed by atoms with Gasteiger partial charge in [-0.1, -0.05) is 32.9 Å². The van der Waals surface area contributed by atoms with E-state index in [4.69, 9.17) is 12.2 Å². The highest BCUT2D eigenvalue weighted by molar-refractivity contribution is 7.80. The minimum absolute atomic E-state index is 0.421. The zero-order valence-electron chi connectivity index (χ0n) is 13.6. The molecule has 2 bridgehead atoms. The minimum Gasteiger partial charge on any atom is -0.345 e. The first-order chi connectivity index (χ1) is 9.76. The van der Waals surface area contributed by atoms with Crippen molar-refractivity contribution in [2.45, 2.75) is 53.0 Å². The molecule has 3 heteroatoms. The van der Waals surface area contributed by atoms with Crippen LogP contribution in [0.3, 0.4) is 0 Å². The molecule has 1 N–H and O–H groups in total. The van der Waals surface area contributed by atoms with Gasteiger partial charge in [-0.2, -0.15) is 0 Å². The van der Waals surface area contributed by atoms with Crippen LogP contribution in [-0.2, 0) is 0 Å². The van der Waals surface area contributed by atoms with Crippen LogP contribution in [0.5, 0.6) is 0 Å². The Hall–Kier alpha value is -1.09. The summed E-state index contributed by atoms with van der Waals surface area (Å²) < 4.78 is 0. The van der Waals surface area contributed by atoms with Crippen molar-refractivity contribution in [3.05, 3.63) is 29.8 Å². The molecule has 0 aromatic heterocycles. The summed E-state index contributed by atoms with van der Waals surface area (Å²) in [6, 6.07) is 9.03. The summed E-state index contributed by atoms with van der Waals surface area (Å²) in [5, 5.41) is 4.33. The number of thiocarbonyl (C=S) groups is 1. The fraction of sp³-hybridized carbons (Fsp3) is 0.611. The second kappa shape index (κ2) is 4.98. The maximum atomic E-state index is 5.70. The lowest BCUT2D eigenvalue weighted by Gasteiger charge is -2.39. The molecule has 1 heterocycles. The topological polar surface area (TPSA) is 15.3 Å². The van der Waals surface area contributed by atoms with Crippen LogP contribution in [0.15, 0.2) is 24.3 Å². The SMILES string of the molecule is Cc1cccc(NC(=S)N2CC3(C)CC2CC(C)(C)C3)c1. The number of nitrogens with one attached hydrogen (secondary N) is 1. The summed E-state index contributed by atoms with van der Waals surface area (Å²) in [5.41, 5.74) is 3.22. The molecular weight excluding hydrogens is 276 g/mol. The highest BCUT2D eigenvalue weighted by atomic mass is 32.1. The van der Waals surface area contributed by atoms with Crippen molar-refractivity contribution < 1.29 is 0 Å². The summed E-state index contributed by atoms with van der Waals surface area (Å²) in [6.07, 6.45) is 3.84. The molecule has 1 saturated carbocycles. The standard InChI is InChI=1S/C18H26N2S/c1-13-6-5-7-14(8-13)19-16(21)20-12-18(4)10-15(20)9-17(2,3)11-18/h5-8,15H,9-12H2,1-4H3,(H,19,21). The van der Waals surface area contributed by atoms with E-state index in [2.05, 4.69) is 62.2 Å². The lowest BCUT2D eigenvalue weighted by Crippen LogP contribution is -2.39. The normalized spacial score (nSPS) is 30.3.